The molecule has 0 spiro atoms. The molecule has 0 saturated carbocycles. The molecule has 1 aliphatic rings. The van der Waals surface area contributed by atoms with Crippen LogP contribution < -0.4 is 5.06 Å². The summed E-state index contributed by atoms with van der Waals surface area (Å²) in [6.45, 7) is 2.16. The number of para-hydroxylation sites is 1. The predicted octanol–water partition coefficient (Wildman–Crippen LogP) is 5.35. The standard InChI is InChI=1S/C22H21NO/c1-17-21(18-11-5-2-6-12-18)22(19-13-7-3-8-14-19)23(24-17)20-15-9-4-10-16-20/h2-17,21-22H,1H3/t17-,21+,22-/m1/s1. The van der Waals surface area contributed by atoms with Crippen LogP contribution >= 0.6 is 0 Å². The SMILES string of the molecule is C[C@H]1ON(c2ccccc2)[C@H](c2ccccc2)[C@@H]1c1ccccc1. The number of nitrogens with zero attached hydrogens (tertiary/aromatic N) is 1. The number of anilines is 1. The van der Waals surface area contributed by atoms with E-state index in [1.807, 2.05) is 6.07 Å². The highest BCUT2D eigenvalue weighted by molar-refractivity contribution is 5.49. The van der Waals surface area contributed by atoms with Gasteiger partial charge < -0.3 is 0 Å². The van der Waals surface area contributed by atoms with Crippen molar-refractivity contribution in [2.75, 3.05) is 5.06 Å². The molecule has 1 saturated heterocycles. The van der Waals surface area contributed by atoms with E-state index in [2.05, 4.69) is 96.9 Å². The van der Waals surface area contributed by atoms with Crippen molar-refractivity contribution in [1.82, 2.24) is 0 Å². The van der Waals surface area contributed by atoms with Gasteiger partial charge in [-0.05, 0) is 30.2 Å². The van der Waals surface area contributed by atoms with Crippen molar-refractivity contribution < 1.29 is 4.84 Å². The van der Waals surface area contributed by atoms with Crippen LogP contribution in [0.1, 0.15) is 30.0 Å². The molecule has 0 bridgehead atoms. The molecule has 0 aromatic heterocycles. The predicted molar refractivity (Wildman–Crippen MR) is 97.8 cm³/mol. The lowest BCUT2D eigenvalue weighted by atomic mass is 9.84. The molecule has 3 aromatic rings. The summed E-state index contributed by atoms with van der Waals surface area (Å²) in [4.78, 5) is 6.31. The third-order valence-electron chi connectivity index (χ3n) is 4.71. The fourth-order valence-corrected chi connectivity index (χ4v) is 3.63. The summed E-state index contributed by atoms with van der Waals surface area (Å²) in [5, 5.41) is 2.08. The largest absolute Gasteiger partial charge is 0.269 e. The second-order valence-corrected chi connectivity index (χ2v) is 6.26. The first-order valence-electron chi connectivity index (χ1n) is 8.45. The minimum Gasteiger partial charge on any atom is -0.269 e. The molecule has 1 fully saturated rings. The maximum absolute atomic E-state index is 6.31. The molecular weight excluding hydrogens is 294 g/mol. The quantitative estimate of drug-likeness (QED) is 0.646. The van der Waals surface area contributed by atoms with Gasteiger partial charge in [0.25, 0.3) is 0 Å². The van der Waals surface area contributed by atoms with Crippen LogP contribution in [0.3, 0.4) is 0 Å². The molecule has 0 unspecified atom stereocenters. The van der Waals surface area contributed by atoms with Crippen molar-refractivity contribution in [2.24, 2.45) is 0 Å². The van der Waals surface area contributed by atoms with Gasteiger partial charge in [-0.15, -0.1) is 0 Å². The summed E-state index contributed by atoms with van der Waals surface area (Å²) in [6, 6.07) is 31.9. The van der Waals surface area contributed by atoms with Gasteiger partial charge in [-0.2, -0.15) is 0 Å². The molecule has 2 heteroatoms. The first-order chi connectivity index (χ1) is 11.8. The Morgan fingerprint density at radius 1 is 0.667 bits per heavy atom. The molecule has 120 valence electrons. The van der Waals surface area contributed by atoms with Crippen LogP contribution in [0.15, 0.2) is 91.0 Å². The highest BCUT2D eigenvalue weighted by Crippen LogP contribution is 2.47. The summed E-state index contributed by atoms with van der Waals surface area (Å²) >= 11 is 0. The lowest BCUT2D eigenvalue weighted by molar-refractivity contribution is 0.0912. The van der Waals surface area contributed by atoms with Gasteiger partial charge in [0, 0.05) is 5.92 Å². The van der Waals surface area contributed by atoms with E-state index >= 15 is 0 Å². The minimum absolute atomic E-state index is 0.109. The van der Waals surface area contributed by atoms with Gasteiger partial charge in [-0.1, -0.05) is 78.9 Å². The third kappa shape index (κ3) is 2.70. The van der Waals surface area contributed by atoms with Gasteiger partial charge in [-0.25, -0.2) is 5.06 Å². The molecule has 4 rings (SSSR count). The Kier molecular flexibility index (Phi) is 4.06. The minimum atomic E-state index is 0.109. The third-order valence-corrected chi connectivity index (χ3v) is 4.71. The van der Waals surface area contributed by atoms with E-state index in [1.54, 1.807) is 0 Å². The van der Waals surface area contributed by atoms with Crippen LogP contribution in [0, 0.1) is 0 Å². The van der Waals surface area contributed by atoms with Crippen LogP contribution in [-0.4, -0.2) is 6.10 Å². The summed E-state index contributed by atoms with van der Waals surface area (Å²) in [6.07, 6.45) is 0.109. The second-order valence-electron chi connectivity index (χ2n) is 6.26. The van der Waals surface area contributed by atoms with Crippen molar-refractivity contribution in [2.45, 2.75) is 25.0 Å². The van der Waals surface area contributed by atoms with Gasteiger partial charge >= 0.3 is 0 Å². The molecule has 0 N–H and O–H groups in total. The van der Waals surface area contributed by atoms with Gasteiger partial charge in [0.1, 0.15) is 0 Å². The van der Waals surface area contributed by atoms with Gasteiger partial charge in [0.15, 0.2) is 0 Å². The topological polar surface area (TPSA) is 12.5 Å². The van der Waals surface area contributed by atoms with Crippen LogP contribution in [0.4, 0.5) is 5.69 Å². The zero-order valence-corrected chi connectivity index (χ0v) is 13.7. The molecule has 24 heavy (non-hydrogen) atoms. The first-order valence-corrected chi connectivity index (χ1v) is 8.45. The molecule has 2 nitrogen and oxygen atoms in total. The Hall–Kier alpha value is -2.58. The Labute approximate surface area is 143 Å². The molecule has 3 aromatic carbocycles. The zero-order valence-electron chi connectivity index (χ0n) is 13.7. The normalized spacial score (nSPS) is 23.4. The summed E-state index contributed by atoms with van der Waals surface area (Å²) in [5.74, 6) is 0.286. The van der Waals surface area contributed by atoms with E-state index in [9.17, 15) is 0 Å². The fraction of sp³-hybridized carbons (Fsp3) is 0.182. The average Bonchev–Trinajstić information content (AvgIpc) is 3.01. The molecule has 1 aliphatic heterocycles. The highest BCUT2D eigenvalue weighted by atomic mass is 16.7. The zero-order chi connectivity index (χ0) is 16.4. The summed E-state index contributed by atoms with van der Waals surface area (Å²) in [7, 11) is 0. The Balaban J connectivity index is 1.81. The van der Waals surface area contributed by atoms with E-state index in [1.165, 1.54) is 11.1 Å². The lowest BCUT2D eigenvalue weighted by Crippen LogP contribution is -2.23. The Bertz CT molecular complexity index is 773. The molecule has 0 amide bonds. The van der Waals surface area contributed by atoms with E-state index in [0.29, 0.717) is 0 Å². The Morgan fingerprint density at radius 2 is 1.17 bits per heavy atom. The van der Waals surface area contributed by atoms with E-state index in [0.717, 1.165) is 5.69 Å². The molecule has 1 heterocycles. The van der Waals surface area contributed by atoms with Gasteiger partial charge in [0.05, 0.1) is 17.8 Å². The molecule has 3 atom stereocenters. The van der Waals surface area contributed by atoms with Crippen molar-refractivity contribution in [3.05, 3.63) is 102 Å². The molecule has 0 aliphatic carbocycles. The van der Waals surface area contributed by atoms with Crippen molar-refractivity contribution >= 4 is 5.69 Å². The van der Waals surface area contributed by atoms with Crippen molar-refractivity contribution in [1.29, 1.82) is 0 Å². The highest BCUT2D eigenvalue weighted by Gasteiger charge is 2.43. The van der Waals surface area contributed by atoms with Crippen molar-refractivity contribution in [3.8, 4) is 0 Å². The maximum atomic E-state index is 6.31. The number of benzene rings is 3. The smallest absolute Gasteiger partial charge is 0.0921 e. The Morgan fingerprint density at radius 3 is 1.75 bits per heavy atom. The van der Waals surface area contributed by atoms with Gasteiger partial charge in [-0.3, -0.25) is 4.84 Å². The summed E-state index contributed by atoms with van der Waals surface area (Å²) in [5.41, 5.74) is 3.69. The van der Waals surface area contributed by atoms with Crippen LogP contribution in [-0.2, 0) is 4.84 Å². The van der Waals surface area contributed by atoms with E-state index < -0.39 is 0 Å². The van der Waals surface area contributed by atoms with E-state index in [4.69, 9.17) is 4.84 Å². The van der Waals surface area contributed by atoms with Crippen LogP contribution in [0.25, 0.3) is 0 Å². The van der Waals surface area contributed by atoms with Crippen LogP contribution in [0.5, 0.6) is 0 Å². The second kappa shape index (κ2) is 6.50. The van der Waals surface area contributed by atoms with Crippen molar-refractivity contribution in [3.63, 3.8) is 0 Å². The average molecular weight is 315 g/mol. The fourth-order valence-electron chi connectivity index (χ4n) is 3.63. The number of rotatable bonds is 3. The maximum Gasteiger partial charge on any atom is 0.0921 e. The summed E-state index contributed by atoms with van der Waals surface area (Å²) < 4.78 is 0. The van der Waals surface area contributed by atoms with E-state index in [-0.39, 0.29) is 18.1 Å². The van der Waals surface area contributed by atoms with Crippen LogP contribution in [0.2, 0.25) is 0 Å². The molecule has 0 radical (unpaired) electrons. The number of hydrogen-bond acceptors (Lipinski definition) is 2. The van der Waals surface area contributed by atoms with Gasteiger partial charge in [0.2, 0.25) is 0 Å². The lowest BCUT2D eigenvalue weighted by Gasteiger charge is -2.28. The molecular formula is C22H21NO. The first kappa shape index (κ1) is 15.0. The number of hydroxylamine groups is 1. The monoisotopic (exact) mass is 315 g/mol. The number of hydrogen-bond donors (Lipinski definition) is 0.